The quantitative estimate of drug-likeness (QED) is 0.242. The third-order valence-electron chi connectivity index (χ3n) is 5.88. The van der Waals surface area contributed by atoms with E-state index in [1.165, 1.54) is 30.6 Å². The lowest BCUT2D eigenvalue weighted by Gasteiger charge is -2.30. The Balaban J connectivity index is 1.56. The molecule has 3 aromatic rings. The van der Waals surface area contributed by atoms with Crippen molar-refractivity contribution >= 4 is 34.8 Å². The summed E-state index contributed by atoms with van der Waals surface area (Å²) < 4.78 is 14.7. The molecular formula is C24H26FN7O4. The molecule has 1 aromatic carbocycles. The monoisotopic (exact) mass is 495 g/mol. The van der Waals surface area contributed by atoms with Gasteiger partial charge in [-0.15, -0.1) is 0 Å². The van der Waals surface area contributed by atoms with Crippen molar-refractivity contribution in [1.82, 2.24) is 9.97 Å². The lowest BCUT2D eigenvalue weighted by atomic mass is 9.91. The number of phenols is 2. The first-order valence-electron chi connectivity index (χ1n) is 11.3. The fraction of sp³-hybridized carbons (Fsp3) is 0.250. The van der Waals surface area contributed by atoms with Crippen LogP contribution in [0.15, 0.2) is 42.7 Å². The van der Waals surface area contributed by atoms with Crippen LogP contribution in [0, 0.1) is 5.82 Å². The number of halogens is 1. The summed E-state index contributed by atoms with van der Waals surface area (Å²) >= 11 is 0. The third-order valence-corrected chi connectivity index (χ3v) is 5.88. The van der Waals surface area contributed by atoms with Crippen LogP contribution in [0.1, 0.15) is 46.4 Å². The molecule has 0 unspecified atom stereocenters. The standard InChI is InChI=1S/C24H26FN7O4/c25-16-9-15(21(27)35)22(32-23(16)31-18-4-2-1-3-17(18)26)29-13-8-14(11-28-10-13)30-24(36)12-5-6-19(33)20(34)7-12/h5-11,17-18,33-34H,1-4,26H2,(H2,27,35)(H,30,36)(H2,29,31,32)/t17-,18+/m0/s1. The van der Waals surface area contributed by atoms with Gasteiger partial charge in [-0.25, -0.2) is 9.37 Å². The fourth-order valence-electron chi connectivity index (χ4n) is 3.97. The number of nitrogens with one attached hydrogen (secondary N) is 3. The van der Waals surface area contributed by atoms with Gasteiger partial charge in [-0.3, -0.25) is 14.6 Å². The van der Waals surface area contributed by atoms with Crippen LogP contribution in [0.5, 0.6) is 11.5 Å². The van der Waals surface area contributed by atoms with Crippen LogP contribution >= 0.6 is 0 Å². The number of carbonyl (C=O) groups is 2. The molecule has 0 spiro atoms. The molecule has 1 saturated carbocycles. The summed E-state index contributed by atoms with van der Waals surface area (Å²) in [5.41, 5.74) is 12.2. The molecular weight excluding hydrogens is 469 g/mol. The normalized spacial score (nSPS) is 17.3. The lowest BCUT2D eigenvalue weighted by molar-refractivity contribution is 0.0997. The molecule has 0 bridgehead atoms. The van der Waals surface area contributed by atoms with E-state index in [9.17, 15) is 24.2 Å². The molecule has 2 amide bonds. The van der Waals surface area contributed by atoms with E-state index in [2.05, 4.69) is 25.9 Å². The van der Waals surface area contributed by atoms with Gasteiger partial charge in [0.1, 0.15) is 5.82 Å². The van der Waals surface area contributed by atoms with Crippen molar-refractivity contribution in [1.29, 1.82) is 0 Å². The van der Waals surface area contributed by atoms with Gasteiger partial charge in [0.2, 0.25) is 0 Å². The Morgan fingerprint density at radius 1 is 1.00 bits per heavy atom. The molecule has 1 fully saturated rings. The Morgan fingerprint density at radius 3 is 2.47 bits per heavy atom. The first-order chi connectivity index (χ1) is 17.2. The number of pyridine rings is 2. The molecule has 1 aliphatic rings. The number of rotatable bonds is 7. The van der Waals surface area contributed by atoms with Crippen molar-refractivity contribution in [3.63, 3.8) is 0 Å². The van der Waals surface area contributed by atoms with Crippen LogP contribution in [0.3, 0.4) is 0 Å². The Bertz CT molecular complexity index is 1300. The smallest absolute Gasteiger partial charge is 0.255 e. The zero-order valence-electron chi connectivity index (χ0n) is 19.2. The van der Waals surface area contributed by atoms with Gasteiger partial charge in [-0.2, -0.15) is 0 Å². The highest BCUT2D eigenvalue weighted by Crippen LogP contribution is 2.28. The van der Waals surface area contributed by atoms with Crippen LogP contribution in [0.4, 0.5) is 27.4 Å². The van der Waals surface area contributed by atoms with Gasteiger partial charge >= 0.3 is 0 Å². The number of amides is 2. The molecule has 36 heavy (non-hydrogen) atoms. The van der Waals surface area contributed by atoms with Crippen LogP contribution in [0.2, 0.25) is 0 Å². The van der Waals surface area contributed by atoms with Gasteiger partial charge in [-0.05, 0) is 43.2 Å². The summed E-state index contributed by atoms with van der Waals surface area (Å²) in [5.74, 6) is -3.01. The van der Waals surface area contributed by atoms with Crippen LogP contribution in [0.25, 0.3) is 0 Å². The largest absolute Gasteiger partial charge is 0.504 e. The summed E-state index contributed by atoms with van der Waals surface area (Å²) in [6.07, 6.45) is 6.36. The summed E-state index contributed by atoms with van der Waals surface area (Å²) in [7, 11) is 0. The average molecular weight is 496 g/mol. The highest BCUT2D eigenvalue weighted by Gasteiger charge is 2.24. The van der Waals surface area contributed by atoms with Crippen molar-refractivity contribution in [3.05, 3.63) is 59.7 Å². The molecule has 0 aliphatic heterocycles. The molecule has 188 valence electrons. The fourth-order valence-corrected chi connectivity index (χ4v) is 3.97. The number of anilines is 4. The number of nitrogens with two attached hydrogens (primary N) is 2. The van der Waals surface area contributed by atoms with Gasteiger partial charge in [0, 0.05) is 17.6 Å². The highest BCUT2D eigenvalue weighted by molar-refractivity contribution is 6.05. The minimum atomic E-state index is -0.880. The van der Waals surface area contributed by atoms with E-state index in [1.54, 1.807) is 0 Å². The maximum Gasteiger partial charge on any atom is 0.255 e. The highest BCUT2D eigenvalue weighted by atomic mass is 19.1. The number of aromatic nitrogens is 2. The van der Waals surface area contributed by atoms with Gasteiger partial charge < -0.3 is 37.6 Å². The average Bonchev–Trinajstić information content (AvgIpc) is 2.84. The maximum absolute atomic E-state index is 14.7. The number of hydrogen-bond donors (Lipinski definition) is 7. The topological polar surface area (TPSA) is 189 Å². The van der Waals surface area contributed by atoms with E-state index in [1.807, 2.05) is 0 Å². The van der Waals surface area contributed by atoms with Crippen LogP contribution < -0.4 is 27.4 Å². The second-order valence-electron chi connectivity index (χ2n) is 8.52. The van der Waals surface area contributed by atoms with E-state index < -0.39 is 23.4 Å². The molecule has 2 heterocycles. The van der Waals surface area contributed by atoms with E-state index in [4.69, 9.17) is 11.5 Å². The van der Waals surface area contributed by atoms with Crippen molar-refractivity contribution < 1.29 is 24.2 Å². The van der Waals surface area contributed by atoms with Gasteiger partial charge in [-0.1, -0.05) is 12.8 Å². The molecule has 1 aliphatic carbocycles. The second-order valence-corrected chi connectivity index (χ2v) is 8.52. The predicted molar refractivity (Wildman–Crippen MR) is 132 cm³/mol. The van der Waals surface area contributed by atoms with Crippen molar-refractivity contribution in [2.75, 3.05) is 16.0 Å². The Morgan fingerprint density at radius 2 is 1.75 bits per heavy atom. The van der Waals surface area contributed by atoms with E-state index in [-0.39, 0.29) is 46.3 Å². The number of aromatic hydroxyl groups is 2. The lowest BCUT2D eigenvalue weighted by Crippen LogP contribution is -2.43. The molecule has 4 rings (SSSR count). The Hall–Kier alpha value is -4.45. The number of phenolic OH excluding ortho intramolecular Hbond substituents is 2. The molecule has 11 nitrogen and oxygen atoms in total. The number of hydrogen-bond acceptors (Lipinski definition) is 9. The SMILES string of the molecule is NC(=O)c1cc(F)c(N[C@@H]2CCCC[C@@H]2N)nc1Nc1cncc(NC(=O)c2ccc(O)c(O)c2)c1. The molecule has 9 N–H and O–H groups in total. The number of nitrogens with zero attached hydrogens (tertiary/aromatic N) is 2. The Labute approximate surface area is 205 Å². The zero-order chi connectivity index (χ0) is 25.8. The number of primary amides is 1. The minimum absolute atomic E-state index is 0.00418. The third kappa shape index (κ3) is 5.61. The van der Waals surface area contributed by atoms with Crippen LogP contribution in [-0.2, 0) is 0 Å². The van der Waals surface area contributed by atoms with Crippen molar-refractivity contribution in [2.45, 2.75) is 37.8 Å². The summed E-state index contributed by atoms with van der Waals surface area (Å²) in [4.78, 5) is 32.8. The summed E-state index contributed by atoms with van der Waals surface area (Å²) in [5, 5.41) is 27.6. The van der Waals surface area contributed by atoms with E-state index >= 15 is 0 Å². The van der Waals surface area contributed by atoms with Crippen molar-refractivity contribution in [3.8, 4) is 11.5 Å². The minimum Gasteiger partial charge on any atom is -0.504 e. The molecule has 2 aromatic heterocycles. The van der Waals surface area contributed by atoms with E-state index in [0.717, 1.165) is 37.8 Å². The van der Waals surface area contributed by atoms with Crippen LogP contribution in [-0.4, -0.2) is 44.1 Å². The molecule has 0 radical (unpaired) electrons. The van der Waals surface area contributed by atoms with Crippen molar-refractivity contribution in [2.24, 2.45) is 11.5 Å². The summed E-state index contributed by atoms with van der Waals surface area (Å²) in [6, 6.07) is 5.87. The molecule has 0 saturated heterocycles. The first-order valence-corrected chi connectivity index (χ1v) is 11.3. The number of carbonyl (C=O) groups excluding carboxylic acids is 2. The second kappa shape index (κ2) is 10.4. The maximum atomic E-state index is 14.7. The predicted octanol–water partition coefficient (Wildman–Crippen LogP) is 2.80. The number of benzene rings is 1. The van der Waals surface area contributed by atoms with Gasteiger partial charge in [0.25, 0.3) is 11.8 Å². The first kappa shape index (κ1) is 24.7. The zero-order valence-corrected chi connectivity index (χ0v) is 19.2. The Kier molecular flexibility index (Phi) is 7.15. The molecule has 12 heteroatoms. The van der Waals surface area contributed by atoms with Gasteiger partial charge in [0.05, 0.1) is 29.3 Å². The van der Waals surface area contributed by atoms with E-state index in [0.29, 0.717) is 5.69 Å². The van der Waals surface area contributed by atoms with Gasteiger partial charge in [0.15, 0.2) is 23.1 Å². The molecule has 2 atom stereocenters. The summed E-state index contributed by atoms with van der Waals surface area (Å²) in [6.45, 7) is 0.